The van der Waals surface area contributed by atoms with Crippen molar-refractivity contribution in [2.24, 2.45) is 7.05 Å². The Labute approximate surface area is 107 Å². The van der Waals surface area contributed by atoms with Crippen molar-refractivity contribution in [1.29, 1.82) is 0 Å². The van der Waals surface area contributed by atoms with Gasteiger partial charge in [-0.25, -0.2) is 4.79 Å². The first-order chi connectivity index (χ1) is 8.41. The van der Waals surface area contributed by atoms with Gasteiger partial charge in [0.2, 0.25) is 5.95 Å². The SMILES string of the molecule is CC(Cl)=CCn1c(N)nc2c1c(=O)[nH]c(=O)n2C. The number of halogens is 1. The van der Waals surface area contributed by atoms with Gasteiger partial charge in [-0.15, -0.1) is 0 Å². The van der Waals surface area contributed by atoms with Crippen LogP contribution in [0.2, 0.25) is 0 Å². The first-order valence-electron chi connectivity index (χ1n) is 5.19. The highest BCUT2D eigenvalue weighted by Crippen LogP contribution is 2.13. The summed E-state index contributed by atoms with van der Waals surface area (Å²) in [4.78, 5) is 29.4. The molecular weight excluding hydrogens is 258 g/mol. The van der Waals surface area contributed by atoms with Crippen LogP contribution in [0, 0.1) is 0 Å². The van der Waals surface area contributed by atoms with Crippen LogP contribution in [0.15, 0.2) is 20.7 Å². The Hall–Kier alpha value is -2.02. The van der Waals surface area contributed by atoms with Crippen LogP contribution in [-0.2, 0) is 13.6 Å². The third-order valence-corrected chi connectivity index (χ3v) is 2.75. The maximum atomic E-state index is 11.8. The molecular formula is C10H12ClN5O2. The number of aromatic nitrogens is 4. The van der Waals surface area contributed by atoms with Gasteiger partial charge in [-0.3, -0.25) is 14.3 Å². The fourth-order valence-electron chi connectivity index (χ4n) is 1.65. The van der Waals surface area contributed by atoms with E-state index >= 15 is 0 Å². The lowest BCUT2D eigenvalue weighted by Gasteiger charge is -2.02. The number of allylic oxidation sites excluding steroid dienone is 2. The number of aromatic amines is 1. The van der Waals surface area contributed by atoms with Crippen molar-refractivity contribution in [2.45, 2.75) is 13.5 Å². The molecule has 0 saturated heterocycles. The van der Waals surface area contributed by atoms with Crippen LogP contribution in [0.1, 0.15) is 6.92 Å². The zero-order valence-corrected chi connectivity index (χ0v) is 10.7. The number of imidazole rings is 1. The van der Waals surface area contributed by atoms with Crippen LogP contribution < -0.4 is 17.0 Å². The smallest absolute Gasteiger partial charge is 0.329 e. The van der Waals surface area contributed by atoms with Crippen molar-refractivity contribution in [2.75, 3.05) is 5.73 Å². The largest absolute Gasteiger partial charge is 0.369 e. The van der Waals surface area contributed by atoms with Crippen LogP contribution in [0.3, 0.4) is 0 Å². The first kappa shape index (κ1) is 12.4. The van der Waals surface area contributed by atoms with E-state index in [4.69, 9.17) is 17.3 Å². The molecule has 8 heteroatoms. The predicted molar refractivity (Wildman–Crippen MR) is 69.6 cm³/mol. The molecule has 0 amide bonds. The standard InChI is InChI=1S/C10H12ClN5O2/c1-5(11)3-4-16-6-7(13-9(16)12)15(2)10(18)14-8(6)17/h3H,4H2,1-2H3,(H2,12,13)(H,14,17,18). The lowest BCUT2D eigenvalue weighted by atomic mass is 10.4. The molecule has 0 fully saturated rings. The minimum atomic E-state index is -0.527. The summed E-state index contributed by atoms with van der Waals surface area (Å²) in [5, 5.41) is 0.581. The molecule has 0 bridgehead atoms. The minimum Gasteiger partial charge on any atom is -0.369 e. The number of nitrogens with two attached hydrogens (primary N) is 1. The van der Waals surface area contributed by atoms with Gasteiger partial charge < -0.3 is 10.3 Å². The molecule has 2 aromatic heterocycles. The molecule has 0 aliphatic rings. The summed E-state index contributed by atoms with van der Waals surface area (Å²) in [5.74, 6) is 0.158. The minimum absolute atomic E-state index is 0.158. The van der Waals surface area contributed by atoms with Gasteiger partial charge in [0.1, 0.15) is 0 Å². The third-order valence-electron chi connectivity index (χ3n) is 2.59. The van der Waals surface area contributed by atoms with E-state index in [-0.39, 0.29) is 17.1 Å². The number of anilines is 1. The normalized spacial score (nSPS) is 12.3. The molecule has 0 radical (unpaired) electrons. The van der Waals surface area contributed by atoms with Crippen molar-refractivity contribution < 1.29 is 0 Å². The second-order valence-electron chi connectivity index (χ2n) is 3.86. The Balaban J connectivity index is 2.79. The van der Waals surface area contributed by atoms with Crippen LogP contribution >= 0.6 is 11.6 Å². The van der Waals surface area contributed by atoms with E-state index in [9.17, 15) is 9.59 Å². The van der Waals surface area contributed by atoms with E-state index in [0.717, 1.165) is 0 Å². The summed E-state index contributed by atoms with van der Waals surface area (Å²) in [6, 6.07) is 0. The molecule has 96 valence electrons. The third kappa shape index (κ3) is 1.92. The number of fused-ring (bicyclic) bond motifs is 1. The fourth-order valence-corrected chi connectivity index (χ4v) is 1.72. The highest BCUT2D eigenvalue weighted by molar-refractivity contribution is 6.29. The molecule has 2 heterocycles. The average Bonchev–Trinajstić information content (AvgIpc) is 2.61. The van der Waals surface area contributed by atoms with Crippen molar-refractivity contribution in [3.05, 3.63) is 31.9 Å². The molecule has 0 aromatic carbocycles. The summed E-state index contributed by atoms with van der Waals surface area (Å²) in [5.41, 5.74) is 5.20. The van der Waals surface area contributed by atoms with Crippen molar-refractivity contribution in [3.8, 4) is 0 Å². The van der Waals surface area contributed by atoms with Gasteiger partial charge >= 0.3 is 5.69 Å². The lowest BCUT2D eigenvalue weighted by molar-refractivity contribution is 0.820. The quantitative estimate of drug-likeness (QED) is 0.810. The number of nitrogen functional groups attached to an aromatic ring is 1. The molecule has 3 N–H and O–H groups in total. The van der Waals surface area contributed by atoms with E-state index in [2.05, 4.69) is 9.97 Å². The van der Waals surface area contributed by atoms with Crippen LogP contribution in [0.25, 0.3) is 11.2 Å². The molecule has 0 atom stereocenters. The first-order valence-corrected chi connectivity index (χ1v) is 5.57. The molecule has 18 heavy (non-hydrogen) atoms. The topological polar surface area (TPSA) is 98.7 Å². The number of aryl methyl sites for hydroxylation is 1. The monoisotopic (exact) mass is 269 g/mol. The fraction of sp³-hybridized carbons (Fsp3) is 0.300. The van der Waals surface area contributed by atoms with Gasteiger partial charge in [-0.1, -0.05) is 17.7 Å². The lowest BCUT2D eigenvalue weighted by Crippen LogP contribution is -2.29. The number of nitrogens with one attached hydrogen (secondary N) is 1. The second-order valence-corrected chi connectivity index (χ2v) is 4.46. The predicted octanol–water partition coefficient (Wildman–Crippen LogP) is 0.148. The van der Waals surface area contributed by atoms with E-state index in [1.54, 1.807) is 13.0 Å². The molecule has 0 unspecified atom stereocenters. The average molecular weight is 270 g/mol. The molecule has 2 aromatic rings. The summed E-state index contributed by atoms with van der Waals surface area (Å²) in [6.45, 7) is 2.04. The molecule has 7 nitrogen and oxygen atoms in total. The summed E-state index contributed by atoms with van der Waals surface area (Å²) >= 11 is 5.74. The summed E-state index contributed by atoms with van der Waals surface area (Å²) in [6.07, 6.45) is 1.70. The second kappa shape index (κ2) is 4.34. The Morgan fingerprint density at radius 2 is 2.22 bits per heavy atom. The van der Waals surface area contributed by atoms with Gasteiger partial charge in [-0.2, -0.15) is 4.98 Å². The number of H-pyrrole nitrogens is 1. The molecule has 0 aliphatic carbocycles. The van der Waals surface area contributed by atoms with Crippen molar-refractivity contribution in [1.82, 2.24) is 19.1 Å². The Kier molecular flexibility index (Phi) is 3.00. The van der Waals surface area contributed by atoms with Gasteiger partial charge in [0, 0.05) is 18.6 Å². The van der Waals surface area contributed by atoms with Gasteiger partial charge in [-0.05, 0) is 6.92 Å². The molecule has 0 spiro atoms. The zero-order valence-electron chi connectivity index (χ0n) is 9.90. The van der Waals surface area contributed by atoms with E-state index in [0.29, 0.717) is 11.6 Å². The van der Waals surface area contributed by atoms with E-state index < -0.39 is 11.2 Å². The zero-order chi connectivity index (χ0) is 13.4. The number of rotatable bonds is 2. The molecule has 0 saturated carbocycles. The number of hydrogen-bond acceptors (Lipinski definition) is 4. The molecule has 2 rings (SSSR count). The van der Waals surface area contributed by atoms with E-state index in [1.807, 2.05) is 0 Å². The van der Waals surface area contributed by atoms with Crippen LogP contribution in [0.5, 0.6) is 0 Å². The summed E-state index contributed by atoms with van der Waals surface area (Å²) < 4.78 is 2.74. The Morgan fingerprint density at radius 3 is 2.83 bits per heavy atom. The Bertz CT molecular complexity index is 748. The Morgan fingerprint density at radius 1 is 1.56 bits per heavy atom. The van der Waals surface area contributed by atoms with Crippen molar-refractivity contribution >= 4 is 28.7 Å². The number of nitrogens with zero attached hydrogens (tertiary/aromatic N) is 3. The number of hydrogen-bond donors (Lipinski definition) is 2. The van der Waals surface area contributed by atoms with Crippen LogP contribution in [0.4, 0.5) is 5.95 Å². The maximum absolute atomic E-state index is 11.8. The van der Waals surface area contributed by atoms with Gasteiger partial charge in [0.25, 0.3) is 5.56 Å². The summed E-state index contributed by atoms with van der Waals surface area (Å²) in [7, 11) is 1.51. The maximum Gasteiger partial charge on any atom is 0.329 e. The highest BCUT2D eigenvalue weighted by Gasteiger charge is 2.14. The van der Waals surface area contributed by atoms with Crippen molar-refractivity contribution in [3.63, 3.8) is 0 Å². The highest BCUT2D eigenvalue weighted by atomic mass is 35.5. The van der Waals surface area contributed by atoms with Gasteiger partial charge in [0.15, 0.2) is 11.2 Å². The van der Waals surface area contributed by atoms with Gasteiger partial charge in [0.05, 0.1) is 0 Å². The van der Waals surface area contributed by atoms with Crippen LogP contribution in [-0.4, -0.2) is 19.1 Å². The van der Waals surface area contributed by atoms with E-state index in [1.165, 1.54) is 16.2 Å². The molecule has 0 aliphatic heterocycles.